The standard InChI is InChI=1S/C23H24O4/c1-13(10-14-4-6-15(7-5-14)23(24)25)18-12-19(26-2)20-16-8-9-17(11-16)21(20)22(18)27-3/h4-7,10,12,16-17H,8-9,11H2,1-3H3,(H,24,25)/t16-,17+/m0/s1. The first kappa shape index (κ1) is 17.7. The number of aromatic carboxylic acids is 1. The first-order valence-electron chi connectivity index (χ1n) is 9.34. The quantitative estimate of drug-likeness (QED) is 0.729. The number of rotatable bonds is 5. The third kappa shape index (κ3) is 2.89. The molecule has 0 aromatic heterocycles. The zero-order chi connectivity index (χ0) is 19.1. The zero-order valence-electron chi connectivity index (χ0n) is 15.9. The lowest BCUT2D eigenvalue weighted by molar-refractivity contribution is 0.0697. The Bertz CT molecular complexity index is 924. The van der Waals surface area contributed by atoms with Crippen LogP contribution in [0.3, 0.4) is 0 Å². The number of carbonyl (C=O) groups is 1. The fraction of sp³-hybridized carbons (Fsp3) is 0.348. The summed E-state index contributed by atoms with van der Waals surface area (Å²) in [6.45, 7) is 2.06. The molecule has 1 fully saturated rings. The minimum Gasteiger partial charge on any atom is -0.496 e. The number of ether oxygens (including phenoxy) is 2. The molecule has 0 unspecified atom stereocenters. The van der Waals surface area contributed by atoms with Gasteiger partial charge < -0.3 is 14.6 Å². The molecule has 0 amide bonds. The number of fused-ring (bicyclic) bond motifs is 5. The fourth-order valence-electron chi connectivity index (χ4n) is 4.74. The Morgan fingerprint density at radius 3 is 2.33 bits per heavy atom. The molecule has 140 valence electrons. The number of hydrogen-bond acceptors (Lipinski definition) is 3. The molecule has 2 aliphatic carbocycles. The summed E-state index contributed by atoms with van der Waals surface area (Å²) >= 11 is 0. The van der Waals surface area contributed by atoms with Crippen molar-refractivity contribution in [2.24, 2.45) is 0 Å². The molecule has 0 saturated heterocycles. The van der Waals surface area contributed by atoms with Crippen molar-refractivity contribution in [3.05, 3.63) is 58.1 Å². The van der Waals surface area contributed by atoms with Crippen LogP contribution in [0.2, 0.25) is 0 Å². The molecular weight excluding hydrogens is 340 g/mol. The molecule has 4 nitrogen and oxygen atoms in total. The molecule has 2 atom stereocenters. The first-order chi connectivity index (χ1) is 13.0. The van der Waals surface area contributed by atoms with Crippen LogP contribution < -0.4 is 9.47 Å². The van der Waals surface area contributed by atoms with E-state index in [1.165, 1.54) is 30.4 Å². The van der Waals surface area contributed by atoms with Crippen LogP contribution in [0.5, 0.6) is 11.5 Å². The van der Waals surface area contributed by atoms with Crippen LogP contribution in [-0.2, 0) is 0 Å². The first-order valence-corrected chi connectivity index (χ1v) is 9.34. The van der Waals surface area contributed by atoms with Crippen LogP contribution in [0, 0.1) is 0 Å². The van der Waals surface area contributed by atoms with Gasteiger partial charge in [0.1, 0.15) is 11.5 Å². The van der Waals surface area contributed by atoms with E-state index in [2.05, 4.69) is 19.1 Å². The Hall–Kier alpha value is -2.75. The van der Waals surface area contributed by atoms with E-state index >= 15 is 0 Å². The highest BCUT2D eigenvalue weighted by atomic mass is 16.5. The van der Waals surface area contributed by atoms with Gasteiger partial charge in [0, 0.05) is 16.7 Å². The molecule has 2 aromatic rings. The lowest BCUT2D eigenvalue weighted by Crippen LogP contribution is -2.06. The van der Waals surface area contributed by atoms with Crippen molar-refractivity contribution in [2.45, 2.75) is 38.0 Å². The molecule has 4 heteroatoms. The van der Waals surface area contributed by atoms with Gasteiger partial charge in [-0.1, -0.05) is 18.2 Å². The highest BCUT2D eigenvalue weighted by molar-refractivity contribution is 5.89. The Morgan fingerprint density at radius 1 is 1.07 bits per heavy atom. The third-order valence-electron chi connectivity index (χ3n) is 5.96. The lowest BCUT2D eigenvalue weighted by Gasteiger charge is -2.24. The van der Waals surface area contributed by atoms with Crippen molar-refractivity contribution < 1.29 is 19.4 Å². The van der Waals surface area contributed by atoms with Crippen LogP contribution in [0.15, 0.2) is 30.3 Å². The second-order valence-electron chi connectivity index (χ2n) is 7.45. The number of carboxylic acid groups (broad SMARTS) is 1. The van der Waals surface area contributed by atoms with Gasteiger partial charge >= 0.3 is 5.97 Å². The van der Waals surface area contributed by atoms with Gasteiger partial charge in [-0.3, -0.25) is 0 Å². The van der Waals surface area contributed by atoms with Crippen molar-refractivity contribution >= 4 is 17.6 Å². The van der Waals surface area contributed by atoms with E-state index in [1.807, 2.05) is 12.1 Å². The summed E-state index contributed by atoms with van der Waals surface area (Å²) in [5.41, 5.74) is 6.03. The molecule has 27 heavy (non-hydrogen) atoms. The minimum absolute atomic E-state index is 0.289. The summed E-state index contributed by atoms with van der Waals surface area (Å²) < 4.78 is 11.6. The molecule has 2 aromatic carbocycles. The topological polar surface area (TPSA) is 55.8 Å². The summed E-state index contributed by atoms with van der Waals surface area (Å²) in [6.07, 6.45) is 5.72. The van der Waals surface area contributed by atoms with Gasteiger partial charge in [-0.05, 0) is 67.4 Å². The molecule has 0 aliphatic heterocycles. The van der Waals surface area contributed by atoms with Gasteiger partial charge in [-0.2, -0.15) is 0 Å². The summed E-state index contributed by atoms with van der Waals surface area (Å²) in [6, 6.07) is 9.00. The molecular formula is C23H24O4. The van der Waals surface area contributed by atoms with Crippen molar-refractivity contribution in [2.75, 3.05) is 14.2 Å². The molecule has 4 rings (SSSR count). The Labute approximate surface area is 159 Å². The van der Waals surface area contributed by atoms with Crippen LogP contribution in [0.25, 0.3) is 11.6 Å². The van der Waals surface area contributed by atoms with Gasteiger partial charge in [-0.15, -0.1) is 0 Å². The van der Waals surface area contributed by atoms with Crippen molar-refractivity contribution in [1.82, 2.24) is 0 Å². The Balaban J connectivity index is 1.79. The molecule has 2 bridgehead atoms. The Morgan fingerprint density at radius 2 is 1.74 bits per heavy atom. The van der Waals surface area contributed by atoms with Crippen molar-refractivity contribution in [3.63, 3.8) is 0 Å². The maximum absolute atomic E-state index is 11.0. The van der Waals surface area contributed by atoms with Crippen LogP contribution in [0.1, 0.15) is 70.6 Å². The van der Waals surface area contributed by atoms with Gasteiger partial charge in [0.05, 0.1) is 19.8 Å². The fourth-order valence-corrected chi connectivity index (χ4v) is 4.74. The van der Waals surface area contributed by atoms with E-state index < -0.39 is 5.97 Å². The van der Waals surface area contributed by atoms with Crippen LogP contribution in [-0.4, -0.2) is 25.3 Å². The minimum atomic E-state index is -0.915. The number of methoxy groups -OCH3 is 2. The SMILES string of the molecule is COc1cc(C(C)=Cc2ccc(C(=O)O)cc2)c(OC)c2c1[C@H]1CC[C@@H]2C1. The predicted octanol–water partition coefficient (Wildman–Crippen LogP) is 5.33. The smallest absolute Gasteiger partial charge is 0.335 e. The summed E-state index contributed by atoms with van der Waals surface area (Å²) in [5.74, 6) is 2.17. The predicted molar refractivity (Wildman–Crippen MR) is 106 cm³/mol. The van der Waals surface area contributed by atoms with E-state index in [0.29, 0.717) is 11.8 Å². The monoisotopic (exact) mass is 364 g/mol. The van der Waals surface area contributed by atoms with Gasteiger partial charge in [0.15, 0.2) is 0 Å². The molecule has 1 N–H and O–H groups in total. The Kier molecular flexibility index (Phi) is 4.42. The summed E-state index contributed by atoms with van der Waals surface area (Å²) in [5, 5.41) is 9.06. The summed E-state index contributed by atoms with van der Waals surface area (Å²) in [4.78, 5) is 11.0. The second kappa shape index (κ2) is 6.76. The molecule has 2 aliphatic rings. The number of allylic oxidation sites excluding steroid dienone is 1. The van der Waals surface area contributed by atoms with Crippen LogP contribution in [0.4, 0.5) is 0 Å². The molecule has 0 heterocycles. The van der Waals surface area contributed by atoms with E-state index in [1.54, 1.807) is 26.4 Å². The molecule has 0 radical (unpaired) electrons. The second-order valence-corrected chi connectivity index (χ2v) is 7.45. The summed E-state index contributed by atoms with van der Waals surface area (Å²) in [7, 11) is 3.48. The largest absolute Gasteiger partial charge is 0.496 e. The zero-order valence-corrected chi connectivity index (χ0v) is 15.9. The van der Waals surface area contributed by atoms with E-state index in [0.717, 1.165) is 28.2 Å². The number of hydrogen-bond donors (Lipinski definition) is 1. The number of benzene rings is 2. The average Bonchev–Trinajstić information content (AvgIpc) is 3.29. The van der Waals surface area contributed by atoms with E-state index in [4.69, 9.17) is 14.6 Å². The van der Waals surface area contributed by atoms with Crippen LogP contribution >= 0.6 is 0 Å². The van der Waals surface area contributed by atoms with Gasteiger partial charge in [-0.25, -0.2) is 4.79 Å². The normalized spacial score (nSPS) is 20.5. The number of carboxylic acids is 1. The average molecular weight is 364 g/mol. The maximum Gasteiger partial charge on any atom is 0.335 e. The molecule has 1 saturated carbocycles. The van der Waals surface area contributed by atoms with Gasteiger partial charge in [0.25, 0.3) is 0 Å². The van der Waals surface area contributed by atoms with E-state index in [9.17, 15) is 4.79 Å². The third-order valence-corrected chi connectivity index (χ3v) is 5.96. The van der Waals surface area contributed by atoms with Crippen molar-refractivity contribution in [1.29, 1.82) is 0 Å². The lowest BCUT2D eigenvalue weighted by atomic mass is 9.87. The molecule has 0 spiro atoms. The highest BCUT2D eigenvalue weighted by Gasteiger charge is 2.42. The van der Waals surface area contributed by atoms with E-state index in [-0.39, 0.29) is 5.56 Å². The maximum atomic E-state index is 11.0. The highest BCUT2D eigenvalue weighted by Crippen LogP contribution is 2.60. The van der Waals surface area contributed by atoms with Gasteiger partial charge in [0.2, 0.25) is 0 Å². The van der Waals surface area contributed by atoms with Crippen molar-refractivity contribution in [3.8, 4) is 11.5 Å².